The molecule has 5 heteroatoms. The van der Waals surface area contributed by atoms with Gasteiger partial charge < -0.3 is 4.42 Å². The molecule has 0 saturated carbocycles. The lowest BCUT2D eigenvalue weighted by Gasteiger charge is -2.15. The molecule has 0 radical (unpaired) electrons. The molecule has 5 nitrogen and oxygen atoms in total. The van der Waals surface area contributed by atoms with E-state index in [1.54, 1.807) is 0 Å². The summed E-state index contributed by atoms with van der Waals surface area (Å²) in [4.78, 5) is 15.8. The van der Waals surface area contributed by atoms with Crippen LogP contribution in [0.1, 0.15) is 17.5 Å². The van der Waals surface area contributed by atoms with Gasteiger partial charge in [0.25, 0.3) is 0 Å². The molecule has 0 amide bonds. The lowest BCUT2D eigenvalue weighted by molar-refractivity contribution is 0.669. The van der Waals surface area contributed by atoms with Gasteiger partial charge in [-0.1, -0.05) is 115 Å². The lowest BCUT2D eigenvalue weighted by atomic mass is 9.95. The van der Waals surface area contributed by atoms with E-state index in [2.05, 4.69) is 138 Å². The minimum Gasteiger partial charge on any atom is -0.456 e. The second-order valence-corrected chi connectivity index (χ2v) is 14.3. The zero-order chi connectivity index (χ0) is 35.3. The molecular weight excluding hydrogens is 661 g/mol. The highest BCUT2D eigenvalue weighted by atomic mass is 16.3. The quantitative estimate of drug-likeness (QED) is 0.173. The van der Waals surface area contributed by atoms with Gasteiger partial charge in [-0.2, -0.15) is 0 Å². The van der Waals surface area contributed by atoms with E-state index in [4.69, 9.17) is 19.4 Å². The number of aromatic nitrogens is 4. The summed E-state index contributed by atoms with van der Waals surface area (Å²) in [5.74, 6) is 0.626. The highest BCUT2D eigenvalue weighted by molar-refractivity contribution is 6.20. The van der Waals surface area contributed by atoms with Crippen LogP contribution >= 0.6 is 0 Å². The molecule has 0 atom stereocenters. The first-order valence-corrected chi connectivity index (χ1v) is 18.5. The summed E-state index contributed by atoms with van der Waals surface area (Å²) >= 11 is 0. The number of aryl methyl sites for hydroxylation is 1. The standard InChI is InChI=1S/C49H30N4O/c1-2-12-30(13-3-1)46-40-28-50-41-20-9-8-17-37(41)47(40)52-49(51-46)53-42-26-32-15-5-4-14-31(32)25-39(42)36-19-10-18-35(48(36)53)33-21-23-38-44(27-33)54-43-24-22-29-11-6-7-16-34(29)45(38)43/h1-3,5-13,15-28H,4,14H2. The first kappa shape index (κ1) is 29.5. The maximum atomic E-state index is 6.58. The lowest BCUT2D eigenvalue weighted by Crippen LogP contribution is -2.05. The Kier molecular flexibility index (Phi) is 6.11. The predicted molar refractivity (Wildman–Crippen MR) is 222 cm³/mol. The van der Waals surface area contributed by atoms with Crippen LogP contribution in [0.2, 0.25) is 0 Å². The van der Waals surface area contributed by atoms with Crippen molar-refractivity contribution in [1.82, 2.24) is 19.5 Å². The zero-order valence-electron chi connectivity index (χ0n) is 29.1. The Balaban J connectivity index is 1.20. The second kappa shape index (κ2) is 11.2. The molecule has 7 aromatic carbocycles. The summed E-state index contributed by atoms with van der Waals surface area (Å²) in [5.41, 5.74) is 12.3. The van der Waals surface area contributed by atoms with E-state index in [9.17, 15) is 0 Å². The molecule has 252 valence electrons. The summed E-state index contributed by atoms with van der Waals surface area (Å²) in [6, 6.07) is 49.4. The Bertz CT molecular complexity index is 3390. The first-order valence-electron chi connectivity index (χ1n) is 18.5. The van der Waals surface area contributed by atoms with Gasteiger partial charge in [-0.3, -0.25) is 9.55 Å². The maximum Gasteiger partial charge on any atom is 0.235 e. The number of hydrogen-bond acceptors (Lipinski definition) is 4. The van der Waals surface area contributed by atoms with Crippen molar-refractivity contribution in [2.24, 2.45) is 0 Å². The largest absolute Gasteiger partial charge is 0.456 e. The molecule has 0 bridgehead atoms. The third kappa shape index (κ3) is 4.24. The van der Waals surface area contributed by atoms with Crippen LogP contribution in [-0.2, 0) is 6.42 Å². The molecule has 54 heavy (non-hydrogen) atoms. The summed E-state index contributed by atoms with van der Waals surface area (Å²) in [6.07, 6.45) is 8.53. The van der Waals surface area contributed by atoms with E-state index in [1.807, 2.05) is 24.4 Å². The number of furan rings is 1. The van der Waals surface area contributed by atoms with Gasteiger partial charge in [0.1, 0.15) is 11.2 Å². The van der Waals surface area contributed by atoms with Gasteiger partial charge in [0.05, 0.1) is 27.8 Å². The molecule has 0 saturated heterocycles. The normalized spacial score (nSPS) is 13.0. The highest BCUT2D eigenvalue weighted by Crippen LogP contribution is 2.43. The Hall–Kier alpha value is -7.11. The van der Waals surface area contributed by atoms with Gasteiger partial charge >= 0.3 is 0 Å². The molecule has 0 fully saturated rings. The minimum absolute atomic E-state index is 0.626. The fraction of sp³-hybridized carbons (Fsp3) is 0.0408. The summed E-state index contributed by atoms with van der Waals surface area (Å²) < 4.78 is 8.88. The molecule has 0 spiro atoms. The van der Waals surface area contributed by atoms with E-state index in [1.165, 1.54) is 32.7 Å². The van der Waals surface area contributed by atoms with Crippen molar-refractivity contribution in [2.45, 2.75) is 12.8 Å². The van der Waals surface area contributed by atoms with Gasteiger partial charge in [-0.15, -0.1) is 0 Å². The van der Waals surface area contributed by atoms with Gasteiger partial charge in [-0.25, -0.2) is 9.97 Å². The van der Waals surface area contributed by atoms with Gasteiger partial charge in [0, 0.05) is 49.6 Å². The van der Waals surface area contributed by atoms with Crippen molar-refractivity contribution in [1.29, 1.82) is 0 Å². The molecule has 0 aliphatic heterocycles. The Labute approximate surface area is 309 Å². The number of nitrogens with zero attached hydrogens (tertiary/aromatic N) is 4. The van der Waals surface area contributed by atoms with E-state index in [0.29, 0.717) is 5.95 Å². The topological polar surface area (TPSA) is 56.7 Å². The summed E-state index contributed by atoms with van der Waals surface area (Å²) in [5, 5.41) is 8.96. The molecular formula is C49H30N4O. The molecule has 0 N–H and O–H groups in total. The van der Waals surface area contributed by atoms with Crippen LogP contribution < -0.4 is 0 Å². The smallest absolute Gasteiger partial charge is 0.235 e. The van der Waals surface area contributed by atoms with Crippen LogP contribution in [0.25, 0.3) is 111 Å². The molecule has 4 aromatic heterocycles. The van der Waals surface area contributed by atoms with Crippen molar-refractivity contribution in [3.63, 3.8) is 0 Å². The number of fused-ring (bicyclic) bond motifs is 12. The molecule has 4 heterocycles. The molecule has 12 rings (SSSR count). The van der Waals surface area contributed by atoms with Crippen LogP contribution in [0.15, 0.2) is 156 Å². The van der Waals surface area contributed by atoms with Crippen LogP contribution in [0, 0.1) is 0 Å². The second-order valence-electron chi connectivity index (χ2n) is 14.3. The predicted octanol–water partition coefficient (Wildman–Crippen LogP) is 12.6. The van der Waals surface area contributed by atoms with Crippen molar-refractivity contribution < 1.29 is 4.42 Å². The molecule has 0 unspecified atom stereocenters. The number of pyridine rings is 1. The van der Waals surface area contributed by atoms with Crippen LogP contribution in [0.5, 0.6) is 0 Å². The van der Waals surface area contributed by atoms with Crippen molar-refractivity contribution in [2.75, 3.05) is 0 Å². The first-order chi connectivity index (χ1) is 26.8. The Morgan fingerprint density at radius 3 is 2.39 bits per heavy atom. The molecule has 1 aliphatic rings. The van der Waals surface area contributed by atoms with E-state index < -0.39 is 0 Å². The van der Waals surface area contributed by atoms with E-state index in [-0.39, 0.29) is 0 Å². The fourth-order valence-electron chi connectivity index (χ4n) is 8.77. The average Bonchev–Trinajstić information content (AvgIpc) is 3.78. The van der Waals surface area contributed by atoms with Crippen LogP contribution in [-0.4, -0.2) is 19.5 Å². The summed E-state index contributed by atoms with van der Waals surface area (Å²) in [6.45, 7) is 0. The Morgan fingerprint density at radius 1 is 0.593 bits per heavy atom. The minimum atomic E-state index is 0.626. The number of hydrogen-bond donors (Lipinski definition) is 0. The van der Waals surface area contributed by atoms with Crippen LogP contribution in [0.4, 0.5) is 0 Å². The number of benzene rings is 7. The van der Waals surface area contributed by atoms with E-state index >= 15 is 0 Å². The zero-order valence-corrected chi connectivity index (χ0v) is 29.1. The maximum absolute atomic E-state index is 6.58. The monoisotopic (exact) mass is 690 g/mol. The third-order valence-electron chi connectivity index (χ3n) is 11.3. The van der Waals surface area contributed by atoms with Crippen molar-refractivity contribution in [3.8, 4) is 28.3 Å². The molecule has 1 aliphatic carbocycles. The number of para-hydroxylation sites is 2. The van der Waals surface area contributed by atoms with E-state index in [0.717, 1.165) is 90.0 Å². The van der Waals surface area contributed by atoms with Crippen molar-refractivity contribution in [3.05, 3.63) is 163 Å². The third-order valence-corrected chi connectivity index (χ3v) is 11.3. The van der Waals surface area contributed by atoms with Gasteiger partial charge in [0.2, 0.25) is 5.95 Å². The Morgan fingerprint density at radius 2 is 1.44 bits per heavy atom. The number of allylic oxidation sites excluding steroid dienone is 1. The van der Waals surface area contributed by atoms with Gasteiger partial charge in [-0.05, 0) is 76.7 Å². The van der Waals surface area contributed by atoms with Gasteiger partial charge in [0.15, 0.2) is 0 Å². The summed E-state index contributed by atoms with van der Waals surface area (Å²) in [7, 11) is 0. The fourth-order valence-corrected chi connectivity index (χ4v) is 8.77. The van der Waals surface area contributed by atoms with Crippen molar-refractivity contribution >= 4 is 82.4 Å². The number of rotatable bonds is 3. The average molecular weight is 691 g/mol. The molecule has 11 aromatic rings. The highest BCUT2D eigenvalue weighted by Gasteiger charge is 2.23. The SMILES string of the molecule is C1=Cc2cc3c(cc2CC1)c1cccc(-c2ccc4c(c2)oc2ccc5ccccc5c24)c1n3-c1nc(-c2ccccc2)c2cnc3ccccc3c2n1. The van der Waals surface area contributed by atoms with Crippen LogP contribution in [0.3, 0.4) is 0 Å².